The standard InChI is InChI=1S/C16H21ClN2O/c1-16(12-18,9-13-3-5-15(17)6-4-13)19(2)10-14-7-8-20-11-14/h3-8,11H,9-10,12,18H2,1-2H3. The minimum atomic E-state index is -0.106. The molecule has 1 atom stereocenters. The molecule has 1 aromatic carbocycles. The van der Waals surface area contributed by atoms with Crippen LogP contribution in [-0.2, 0) is 13.0 Å². The van der Waals surface area contributed by atoms with Crippen LogP contribution >= 0.6 is 11.6 Å². The quantitative estimate of drug-likeness (QED) is 0.888. The minimum Gasteiger partial charge on any atom is -0.472 e. The molecular formula is C16H21ClN2O. The van der Waals surface area contributed by atoms with Gasteiger partial charge >= 0.3 is 0 Å². The lowest BCUT2D eigenvalue weighted by molar-refractivity contribution is 0.136. The number of likely N-dealkylation sites (N-methyl/N-ethyl adjacent to an activating group) is 1. The van der Waals surface area contributed by atoms with Gasteiger partial charge in [-0.25, -0.2) is 0 Å². The summed E-state index contributed by atoms with van der Waals surface area (Å²) >= 11 is 5.93. The molecule has 0 aliphatic carbocycles. The Hall–Kier alpha value is -1.29. The number of rotatable bonds is 6. The van der Waals surface area contributed by atoms with Crippen LogP contribution in [0.15, 0.2) is 47.3 Å². The zero-order chi connectivity index (χ0) is 14.6. The largest absolute Gasteiger partial charge is 0.472 e. The summed E-state index contributed by atoms with van der Waals surface area (Å²) in [5.74, 6) is 0. The van der Waals surface area contributed by atoms with Gasteiger partial charge in [0.05, 0.1) is 12.5 Å². The molecule has 0 saturated heterocycles. The molecule has 0 saturated carbocycles. The van der Waals surface area contributed by atoms with Crippen LogP contribution in [0, 0.1) is 0 Å². The second-order valence-corrected chi connectivity index (χ2v) is 5.93. The van der Waals surface area contributed by atoms with Gasteiger partial charge < -0.3 is 10.2 Å². The summed E-state index contributed by atoms with van der Waals surface area (Å²) in [5, 5.41) is 0.759. The lowest BCUT2D eigenvalue weighted by Gasteiger charge is -2.38. The van der Waals surface area contributed by atoms with Crippen LogP contribution in [0.3, 0.4) is 0 Å². The molecule has 0 fully saturated rings. The van der Waals surface area contributed by atoms with E-state index in [1.807, 2.05) is 18.2 Å². The van der Waals surface area contributed by atoms with Crippen LogP contribution in [0.4, 0.5) is 0 Å². The van der Waals surface area contributed by atoms with Crippen LogP contribution in [0.1, 0.15) is 18.1 Å². The first-order chi connectivity index (χ1) is 9.53. The van der Waals surface area contributed by atoms with Gasteiger partial charge in [0.2, 0.25) is 0 Å². The topological polar surface area (TPSA) is 42.4 Å². The summed E-state index contributed by atoms with van der Waals surface area (Å²) in [6.45, 7) is 3.59. The third-order valence-corrected chi connectivity index (χ3v) is 4.11. The normalized spacial score (nSPS) is 14.4. The Morgan fingerprint density at radius 1 is 1.20 bits per heavy atom. The van der Waals surface area contributed by atoms with Crippen LogP contribution < -0.4 is 5.73 Å². The highest BCUT2D eigenvalue weighted by Gasteiger charge is 2.28. The van der Waals surface area contributed by atoms with E-state index in [0.717, 1.165) is 23.6 Å². The summed E-state index contributed by atoms with van der Waals surface area (Å²) in [4.78, 5) is 2.27. The molecule has 0 aliphatic rings. The smallest absolute Gasteiger partial charge is 0.0947 e. The van der Waals surface area contributed by atoms with E-state index in [1.165, 1.54) is 5.56 Å². The van der Waals surface area contributed by atoms with Crippen molar-refractivity contribution in [2.45, 2.75) is 25.4 Å². The Bertz CT molecular complexity index is 524. The third kappa shape index (κ3) is 3.63. The molecule has 0 radical (unpaired) electrons. The highest BCUT2D eigenvalue weighted by atomic mass is 35.5. The van der Waals surface area contributed by atoms with E-state index in [4.69, 9.17) is 21.8 Å². The van der Waals surface area contributed by atoms with E-state index < -0.39 is 0 Å². The molecule has 2 aromatic rings. The van der Waals surface area contributed by atoms with Crippen molar-refractivity contribution < 1.29 is 4.42 Å². The fourth-order valence-corrected chi connectivity index (χ4v) is 2.38. The lowest BCUT2D eigenvalue weighted by Crippen LogP contribution is -2.50. The molecule has 1 unspecified atom stereocenters. The van der Waals surface area contributed by atoms with E-state index in [1.54, 1.807) is 12.5 Å². The maximum Gasteiger partial charge on any atom is 0.0947 e. The number of halogens is 1. The van der Waals surface area contributed by atoms with Crippen LogP contribution in [0.25, 0.3) is 0 Å². The Kier molecular flexibility index (Phi) is 4.86. The van der Waals surface area contributed by atoms with Gasteiger partial charge in [-0.1, -0.05) is 23.7 Å². The Morgan fingerprint density at radius 3 is 2.45 bits per heavy atom. The summed E-state index contributed by atoms with van der Waals surface area (Å²) in [7, 11) is 2.09. The lowest BCUT2D eigenvalue weighted by atomic mass is 9.91. The van der Waals surface area contributed by atoms with Gasteiger partial charge in [-0.2, -0.15) is 0 Å². The van der Waals surface area contributed by atoms with Crippen molar-refractivity contribution in [3.8, 4) is 0 Å². The molecule has 1 heterocycles. The van der Waals surface area contributed by atoms with Crippen LogP contribution in [0.5, 0.6) is 0 Å². The molecule has 1 aromatic heterocycles. The Labute approximate surface area is 125 Å². The maximum absolute atomic E-state index is 6.02. The highest BCUT2D eigenvalue weighted by Crippen LogP contribution is 2.22. The first kappa shape index (κ1) is 15.1. The number of hydrogen-bond donors (Lipinski definition) is 1. The van der Waals surface area contributed by atoms with Crippen molar-refractivity contribution in [1.29, 1.82) is 0 Å². The predicted molar refractivity (Wildman–Crippen MR) is 82.8 cm³/mol. The molecular weight excluding hydrogens is 272 g/mol. The Morgan fingerprint density at radius 2 is 1.90 bits per heavy atom. The summed E-state index contributed by atoms with van der Waals surface area (Å²) in [6, 6.07) is 9.94. The number of nitrogens with two attached hydrogens (primary N) is 1. The van der Waals surface area contributed by atoms with Gasteiger partial charge in [-0.05, 0) is 44.2 Å². The van der Waals surface area contributed by atoms with Gasteiger partial charge in [0.1, 0.15) is 0 Å². The maximum atomic E-state index is 6.02. The van der Waals surface area contributed by atoms with E-state index in [0.29, 0.717) is 6.54 Å². The first-order valence-electron chi connectivity index (χ1n) is 6.70. The van der Waals surface area contributed by atoms with Gasteiger partial charge in [-0.15, -0.1) is 0 Å². The molecule has 0 spiro atoms. The molecule has 3 nitrogen and oxygen atoms in total. The van der Waals surface area contributed by atoms with Crippen molar-refractivity contribution in [2.75, 3.05) is 13.6 Å². The minimum absolute atomic E-state index is 0.106. The van der Waals surface area contributed by atoms with Gasteiger partial charge in [0.25, 0.3) is 0 Å². The fraction of sp³-hybridized carbons (Fsp3) is 0.375. The van der Waals surface area contributed by atoms with Crippen LogP contribution in [0.2, 0.25) is 5.02 Å². The van der Waals surface area contributed by atoms with Crippen LogP contribution in [-0.4, -0.2) is 24.0 Å². The molecule has 108 valence electrons. The predicted octanol–water partition coefficient (Wildman–Crippen LogP) is 3.32. The van der Waals surface area contributed by atoms with E-state index in [-0.39, 0.29) is 5.54 Å². The SMILES string of the molecule is CN(Cc1ccoc1)C(C)(CN)Cc1ccc(Cl)cc1. The number of hydrogen-bond acceptors (Lipinski definition) is 3. The molecule has 20 heavy (non-hydrogen) atoms. The monoisotopic (exact) mass is 292 g/mol. The number of furan rings is 1. The molecule has 4 heteroatoms. The summed E-state index contributed by atoms with van der Waals surface area (Å²) < 4.78 is 5.12. The molecule has 0 bridgehead atoms. The van der Waals surface area contributed by atoms with E-state index >= 15 is 0 Å². The van der Waals surface area contributed by atoms with Crippen molar-refractivity contribution in [2.24, 2.45) is 5.73 Å². The van der Waals surface area contributed by atoms with Crippen molar-refractivity contribution in [3.63, 3.8) is 0 Å². The highest BCUT2D eigenvalue weighted by molar-refractivity contribution is 6.30. The van der Waals surface area contributed by atoms with Crippen molar-refractivity contribution >= 4 is 11.6 Å². The number of nitrogens with zero attached hydrogens (tertiary/aromatic N) is 1. The zero-order valence-electron chi connectivity index (χ0n) is 12.0. The Balaban J connectivity index is 2.09. The summed E-state index contributed by atoms with van der Waals surface area (Å²) in [5.41, 5.74) is 8.31. The second-order valence-electron chi connectivity index (χ2n) is 5.49. The first-order valence-corrected chi connectivity index (χ1v) is 7.08. The average molecular weight is 293 g/mol. The molecule has 2 rings (SSSR count). The van der Waals surface area contributed by atoms with Gasteiger partial charge in [-0.3, -0.25) is 4.90 Å². The van der Waals surface area contributed by atoms with E-state index in [2.05, 4.69) is 31.0 Å². The average Bonchev–Trinajstić information content (AvgIpc) is 2.94. The van der Waals surface area contributed by atoms with Crippen molar-refractivity contribution in [3.05, 3.63) is 59.0 Å². The third-order valence-electron chi connectivity index (χ3n) is 3.86. The molecule has 0 amide bonds. The second kappa shape index (κ2) is 6.44. The fourth-order valence-electron chi connectivity index (χ4n) is 2.25. The zero-order valence-corrected chi connectivity index (χ0v) is 12.7. The van der Waals surface area contributed by atoms with Gasteiger partial charge in [0.15, 0.2) is 0 Å². The van der Waals surface area contributed by atoms with Gasteiger partial charge in [0, 0.05) is 29.2 Å². The summed E-state index contributed by atoms with van der Waals surface area (Å²) in [6.07, 6.45) is 4.35. The number of benzene rings is 1. The van der Waals surface area contributed by atoms with Crippen molar-refractivity contribution in [1.82, 2.24) is 4.90 Å². The molecule has 0 aliphatic heterocycles. The van der Waals surface area contributed by atoms with E-state index in [9.17, 15) is 0 Å². The molecule has 2 N–H and O–H groups in total.